The number of thiazole rings is 1. The molecule has 25 heavy (non-hydrogen) atoms. The second kappa shape index (κ2) is 6.70. The van der Waals surface area contributed by atoms with Crippen molar-refractivity contribution >= 4 is 32.7 Å². The molecule has 7 nitrogen and oxygen atoms in total. The molecular weight excluding hydrogens is 336 g/mol. The summed E-state index contributed by atoms with van der Waals surface area (Å²) in [6.45, 7) is 0.383. The molecule has 0 fully saturated rings. The Bertz CT molecular complexity index is 961. The van der Waals surface area contributed by atoms with Crippen molar-refractivity contribution in [2.75, 3.05) is 5.32 Å². The fourth-order valence-electron chi connectivity index (χ4n) is 2.32. The van der Waals surface area contributed by atoms with Crippen LogP contribution < -0.4 is 10.6 Å². The fourth-order valence-corrected chi connectivity index (χ4v) is 3.18. The highest BCUT2D eigenvalue weighted by Gasteiger charge is 2.07. The minimum Gasteiger partial charge on any atom is -0.334 e. The van der Waals surface area contributed by atoms with Crippen molar-refractivity contribution in [3.63, 3.8) is 0 Å². The van der Waals surface area contributed by atoms with E-state index in [0.717, 1.165) is 21.6 Å². The molecule has 0 spiro atoms. The van der Waals surface area contributed by atoms with E-state index in [1.54, 1.807) is 18.7 Å². The molecule has 0 aliphatic heterocycles. The lowest BCUT2D eigenvalue weighted by Gasteiger charge is -2.06. The summed E-state index contributed by atoms with van der Waals surface area (Å²) in [6, 6.07) is 11.3. The van der Waals surface area contributed by atoms with Crippen molar-refractivity contribution in [1.29, 1.82) is 0 Å². The Morgan fingerprint density at radius 2 is 2.12 bits per heavy atom. The van der Waals surface area contributed by atoms with Gasteiger partial charge in [-0.05, 0) is 23.8 Å². The summed E-state index contributed by atoms with van der Waals surface area (Å²) in [5.41, 5.74) is 1.78. The number of para-hydroxylation sites is 1. The third kappa shape index (κ3) is 3.48. The van der Waals surface area contributed by atoms with Crippen LogP contribution in [-0.4, -0.2) is 25.6 Å². The largest absolute Gasteiger partial charge is 0.334 e. The van der Waals surface area contributed by atoms with E-state index >= 15 is 0 Å². The fraction of sp³-hybridized carbons (Fsp3) is 0.0588. The molecule has 4 aromatic rings. The van der Waals surface area contributed by atoms with Crippen LogP contribution in [0.1, 0.15) is 5.56 Å². The van der Waals surface area contributed by atoms with Crippen molar-refractivity contribution in [1.82, 2.24) is 24.8 Å². The number of pyridine rings is 1. The summed E-state index contributed by atoms with van der Waals surface area (Å²) in [7, 11) is 0. The molecule has 0 aliphatic carbocycles. The number of benzene rings is 1. The first-order valence-corrected chi connectivity index (χ1v) is 8.43. The quantitative estimate of drug-likeness (QED) is 0.592. The number of rotatable bonds is 4. The lowest BCUT2D eigenvalue weighted by molar-refractivity contribution is 0.251. The number of nitrogens with zero attached hydrogens (tertiary/aromatic N) is 4. The summed E-state index contributed by atoms with van der Waals surface area (Å²) >= 11 is 1.44. The average Bonchev–Trinajstić information content (AvgIpc) is 3.29. The normalized spacial score (nSPS) is 10.7. The van der Waals surface area contributed by atoms with Gasteiger partial charge < -0.3 is 5.32 Å². The van der Waals surface area contributed by atoms with E-state index in [9.17, 15) is 4.79 Å². The number of urea groups is 1. The predicted octanol–water partition coefficient (Wildman–Crippen LogP) is 3.20. The van der Waals surface area contributed by atoms with Crippen LogP contribution in [0.4, 0.5) is 9.93 Å². The molecule has 3 aromatic heterocycles. The number of anilines is 1. The molecule has 2 amide bonds. The number of fused-ring (bicyclic) bond motifs is 1. The molecule has 4 rings (SSSR count). The average molecular weight is 350 g/mol. The van der Waals surface area contributed by atoms with Crippen molar-refractivity contribution in [2.45, 2.75) is 6.54 Å². The summed E-state index contributed by atoms with van der Waals surface area (Å²) < 4.78 is 2.86. The molecule has 2 N–H and O–H groups in total. The minimum atomic E-state index is -0.294. The zero-order valence-corrected chi connectivity index (χ0v) is 13.9. The number of carbonyl (C=O) groups is 1. The van der Waals surface area contributed by atoms with E-state index in [2.05, 4.69) is 25.6 Å². The Morgan fingerprint density at radius 3 is 2.88 bits per heavy atom. The maximum absolute atomic E-state index is 12.0. The number of hydrogen-bond donors (Lipinski definition) is 2. The molecule has 0 saturated carbocycles. The molecule has 3 heterocycles. The molecule has 124 valence electrons. The number of amides is 2. The van der Waals surface area contributed by atoms with Crippen LogP contribution in [0.3, 0.4) is 0 Å². The van der Waals surface area contributed by atoms with Gasteiger partial charge in [-0.1, -0.05) is 29.5 Å². The van der Waals surface area contributed by atoms with Gasteiger partial charge in [0.2, 0.25) is 0 Å². The van der Waals surface area contributed by atoms with Gasteiger partial charge in [0.25, 0.3) is 0 Å². The maximum atomic E-state index is 12.0. The summed E-state index contributed by atoms with van der Waals surface area (Å²) in [5.74, 6) is 0.778. The van der Waals surface area contributed by atoms with Crippen LogP contribution in [0.25, 0.3) is 16.0 Å². The van der Waals surface area contributed by atoms with Crippen molar-refractivity contribution in [2.24, 2.45) is 0 Å². The Labute approximate surface area is 147 Å². The zero-order valence-electron chi connectivity index (χ0n) is 13.1. The standard InChI is InChI=1S/C17H14N6OS/c24-16(22-17-21-13-3-1-2-4-14(13)25-17)20-10-12-5-6-15(19-9-12)23-8-7-18-11-23/h1-9,11H,10H2,(H2,20,21,22,24). The van der Waals surface area contributed by atoms with Gasteiger partial charge in [0, 0.05) is 25.1 Å². The number of hydrogen-bond acceptors (Lipinski definition) is 5. The van der Waals surface area contributed by atoms with E-state index in [-0.39, 0.29) is 6.03 Å². The third-order valence-electron chi connectivity index (χ3n) is 3.55. The molecule has 8 heteroatoms. The molecule has 0 aliphatic rings. The Hall–Kier alpha value is -3.26. The first-order valence-electron chi connectivity index (χ1n) is 7.61. The van der Waals surface area contributed by atoms with E-state index < -0.39 is 0 Å². The molecule has 0 radical (unpaired) electrons. The van der Waals surface area contributed by atoms with Crippen molar-refractivity contribution in [3.05, 3.63) is 66.9 Å². The van der Waals surface area contributed by atoms with Crippen molar-refractivity contribution in [3.8, 4) is 5.82 Å². The van der Waals surface area contributed by atoms with Crippen LogP contribution in [0.15, 0.2) is 61.3 Å². The highest BCUT2D eigenvalue weighted by Crippen LogP contribution is 2.25. The second-order valence-electron chi connectivity index (χ2n) is 5.29. The molecule has 0 bridgehead atoms. The van der Waals surface area contributed by atoms with E-state index in [4.69, 9.17) is 0 Å². The monoisotopic (exact) mass is 350 g/mol. The maximum Gasteiger partial charge on any atom is 0.321 e. The van der Waals surface area contributed by atoms with Gasteiger partial charge >= 0.3 is 6.03 Å². The van der Waals surface area contributed by atoms with Crippen LogP contribution in [-0.2, 0) is 6.54 Å². The number of carbonyl (C=O) groups excluding carboxylic acids is 1. The zero-order chi connectivity index (χ0) is 17.1. The number of nitrogens with one attached hydrogen (secondary N) is 2. The lowest BCUT2D eigenvalue weighted by atomic mass is 10.3. The highest BCUT2D eigenvalue weighted by molar-refractivity contribution is 7.22. The first kappa shape index (κ1) is 15.3. The summed E-state index contributed by atoms with van der Waals surface area (Å²) in [6.07, 6.45) is 6.94. The molecule has 0 unspecified atom stereocenters. The van der Waals surface area contributed by atoms with Gasteiger partial charge in [0.15, 0.2) is 5.13 Å². The summed E-state index contributed by atoms with van der Waals surface area (Å²) in [5, 5.41) is 6.14. The second-order valence-corrected chi connectivity index (χ2v) is 6.32. The minimum absolute atomic E-state index is 0.294. The van der Waals surface area contributed by atoms with Gasteiger partial charge in [-0.2, -0.15) is 0 Å². The smallest absolute Gasteiger partial charge is 0.321 e. The lowest BCUT2D eigenvalue weighted by Crippen LogP contribution is -2.28. The first-order chi connectivity index (χ1) is 12.3. The Morgan fingerprint density at radius 1 is 1.20 bits per heavy atom. The summed E-state index contributed by atoms with van der Waals surface area (Å²) in [4.78, 5) is 24.7. The van der Waals surface area contributed by atoms with Gasteiger partial charge in [0.05, 0.1) is 10.2 Å². The van der Waals surface area contributed by atoms with Crippen LogP contribution in [0, 0.1) is 0 Å². The topological polar surface area (TPSA) is 84.7 Å². The van der Waals surface area contributed by atoms with Gasteiger partial charge in [-0.15, -0.1) is 0 Å². The third-order valence-corrected chi connectivity index (χ3v) is 4.50. The molecule has 1 aromatic carbocycles. The van der Waals surface area contributed by atoms with Gasteiger partial charge in [-0.3, -0.25) is 9.88 Å². The van der Waals surface area contributed by atoms with E-state index in [1.165, 1.54) is 11.3 Å². The molecule has 0 atom stereocenters. The van der Waals surface area contributed by atoms with Crippen LogP contribution in [0.5, 0.6) is 0 Å². The number of aromatic nitrogens is 4. The van der Waals surface area contributed by atoms with E-state index in [1.807, 2.05) is 47.2 Å². The van der Waals surface area contributed by atoms with Crippen molar-refractivity contribution < 1.29 is 4.79 Å². The van der Waals surface area contributed by atoms with Gasteiger partial charge in [0.1, 0.15) is 12.1 Å². The van der Waals surface area contributed by atoms with Crippen LogP contribution >= 0.6 is 11.3 Å². The molecule has 0 saturated heterocycles. The van der Waals surface area contributed by atoms with Gasteiger partial charge in [-0.25, -0.2) is 19.7 Å². The molecular formula is C17H14N6OS. The Balaban J connectivity index is 1.35. The number of imidazole rings is 1. The Kier molecular flexibility index (Phi) is 4.09. The van der Waals surface area contributed by atoms with E-state index in [0.29, 0.717) is 11.7 Å². The predicted molar refractivity (Wildman–Crippen MR) is 96.8 cm³/mol. The van der Waals surface area contributed by atoms with Crippen LogP contribution in [0.2, 0.25) is 0 Å². The highest BCUT2D eigenvalue weighted by atomic mass is 32.1. The SMILES string of the molecule is O=C(NCc1ccc(-n2ccnc2)nc1)Nc1nc2ccccc2s1.